The number of anilines is 3. The Bertz CT molecular complexity index is 3070. The van der Waals surface area contributed by atoms with Gasteiger partial charge < -0.3 is 41.3 Å². The maximum absolute atomic E-state index is 10.5. The number of nitrogen functional groups attached to an aromatic ring is 3. The lowest BCUT2D eigenvalue weighted by Gasteiger charge is -2.06. The molecule has 7 N–H and O–H groups in total. The molecule has 0 radical (unpaired) electrons. The van der Waals surface area contributed by atoms with E-state index in [1.165, 1.54) is 116 Å². The number of fused-ring (bicyclic) bond motifs is 2. The van der Waals surface area contributed by atoms with Crippen molar-refractivity contribution in [2.24, 2.45) is 0 Å². The molecule has 0 amide bonds. The van der Waals surface area contributed by atoms with Crippen LogP contribution < -0.4 is 36.1 Å². The summed E-state index contributed by atoms with van der Waals surface area (Å²) in [6.07, 6.45) is 28.3. The van der Waals surface area contributed by atoms with Crippen molar-refractivity contribution in [1.82, 2.24) is 9.97 Å². The van der Waals surface area contributed by atoms with E-state index < -0.39 is 5.97 Å². The van der Waals surface area contributed by atoms with Gasteiger partial charge in [-0.25, -0.2) is 9.97 Å². The number of nitrogens with zero attached hydrogens (tertiary/aromatic N) is 2. The van der Waals surface area contributed by atoms with Crippen molar-refractivity contribution >= 4 is 84.5 Å². The summed E-state index contributed by atoms with van der Waals surface area (Å²) in [7, 11) is 0. The number of aryl methyl sites for hydroxylation is 2. The number of thiol groups is 1. The van der Waals surface area contributed by atoms with Crippen LogP contribution in [0.4, 0.5) is 16.5 Å². The highest BCUT2D eigenvalue weighted by Crippen LogP contribution is 2.33. The Hall–Kier alpha value is -6.81. The Morgan fingerprint density at radius 3 is 1.32 bits per heavy atom. The molecule has 0 spiro atoms. The first-order chi connectivity index (χ1) is 42.7. The molecule has 0 aliphatic carbocycles. The van der Waals surface area contributed by atoms with Crippen LogP contribution in [0.15, 0.2) is 132 Å². The zero-order chi connectivity index (χ0) is 64.0. The van der Waals surface area contributed by atoms with E-state index in [2.05, 4.69) is 108 Å². The fraction of sp³-hybridized carbons (Fsp3) is 0.452. The number of hydrogen-bond acceptors (Lipinski definition) is 14. The number of benzene rings is 6. The van der Waals surface area contributed by atoms with E-state index >= 15 is 0 Å². The summed E-state index contributed by atoms with van der Waals surface area (Å²) in [5, 5.41) is 9.11. The summed E-state index contributed by atoms with van der Waals surface area (Å²) >= 11 is 7.45. The van der Waals surface area contributed by atoms with E-state index in [1.54, 1.807) is 11.3 Å². The van der Waals surface area contributed by atoms with Crippen LogP contribution in [0.25, 0.3) is 31.0 Å². The lowest BCUT2D eigenvalue weighted by molar-refractivity contribution is -0.134. The van der Waals surface area contributed by atoms with Gasteiger partial charge in [0, 0.05) is 34.3 Å². The minimum absolute atomic E-state index is 0.607. The number of ether oxygens (including phenoxy) is 4. The van der Waals surface area contributed by atoms with E-state index in [-0.39, 0.29) is 0 Å². The number of aliphatic carboxylic acids is 1. The van der Waals surface area contributed by atoms with Gasteiger partial charge in [0.15, 0.2) is 5.13 Å². The van der Waals surface area contributed by atoms with Gasteiger partial charge in [-0.1, -0.05) is 191 Å². The highest BCUT2D eigenvalue weighted by atomic mass is 32.1. The molecule has 8 aromatic rings. The molecule has 0 unspecified atom stereocenters. The molecular weight excluding hydrogens is 1160 g/mol. The first-order valence-corrected chi connectivity index (χ1v) is 34.2. The van der Waals surface area contributed by atoms with E-state index in [4.69, 9.17) is 51.0 Å². The van der Waals surface area contributed by atoms with Gasteiger partial charge in [-0.15, -0.1) is 24.0 Å². The molecule has 8 rings (SSSR count). The SMILES string of the molecule is CC(=O)O.CCCCCCCCc1ccc(-c2nc3ccc(OCCCC)cc3s2)cc1.CCCCCCCCc1ccc(C=O)cc1.CCCCOc1ccc(N)c(S)c1.CCCCOc1ccc(N)cc1.CCCCOc1ccc2nc(N)sc2c1. The number of carboxylic acid groups (broad SMARTS) is 1. The van der Waals surface area contributed by atoms with E-state index in [9.17, 15) is 4.79 Å². The topological polar surface area (TPSA) is 195 Å². The number of carbonyl (C=O) groups excluding carboxylic acids is 1. The number of aromatic nitrogens is 2. The first-order valence-electron chi connectivity index (χ1n) is 32.1. The number of carbonyl (C=O) groups is 2. The molecule has 480 valence electrons. The molecule has 0 saturated carbocycles. The van der Waals surface area contributed by atoms with Gasteiger partial charge in [0.25, 0.3) is 5.97 Å². The number of unbranched alkanes of at least 4 members (excludes halogenated alkanes) is 14. The fourth-order valence-corrected chi connectivity index (χ4v) is 10.4. The van der Waals surface area contributed by atoms with Gasteiger partial charge in [0.05, 0.1) is 46.9 Å². The molecular formula is C73H103N5O7S3. The molecule has 12 nitrogen and oxygen atoms in total. The maximum Gasteiger partial charge on any atom is 0.300 e. The zero-order valence-corrected chi connectivity index (χ0v) is 56.4. The molecule has 0 fully saturated rings. The number of nitrogens with two attached hydrogens (primary N) is 3. The van der Waals surface area contributed by atoms with Gasteiger partial charge in [-0.05, 0) is 141 Å². The number of thiazole rings is 2. The molecule has 2 aromatic heterocycles. The summed E-state index contributed by atoms with van der Waals surface area (Å²) in [6, 6.07) is 42.0. The van der Waals surface area contributed by atoms with Gasteiger partial charge in [-0.2, -0.15) is 0 Å². The zero-order valence-electron chi connectivity index (χ0n) is 53.9. The predicted molar refractivity (Wildman–Crippen MR) is 379 cm³/mol. The third-order valence-electron chi connectivity index (χ3n) is 13.6. The van der Waals surface area contributed by atoms with Crippen molar-refractivity contribution in [2.75, 3.05) is 43.6 Å². The standard InChI is InChI=1S/C25H33NOS.C15H22O.C11H14N2OS.C10H15NOS.C10H15NO.C2H4O2/c1-3-5-7-8-9-10-11-20-12-14-21(15-13-20)25-26-23-17-16-22(19-24(23)28-25)27-18-6-4-2;1-2-3-4-5-6-7-8-14-9-11-15(13-16)12-10-14;1-2-3-6-14-8-4-5-9-10(7-8)15-11(12)13-9;1-2-3-6-12-8-4-5-9(11)10(13)7-8;1-2-3-8-12-10-6-4-9(11)5-7-10;1-2(3)4/h12-17,19H,3-11,18H2,1-2H3;9-13H,2-8H2,1H3;4-5,7H,2-3,6H2,1H3,(H2,12,13);4-5,7,13H,2-3,6,11H2,1H3;4-7H,2-3,8,11H2,1H3;1H3,(H,3,4). The lowest BCUT2D eigenvalue weighted by Crippen LogP contribution is -1.97. The average molecular weight is 1260 g/mol. The van der Waals surface area contributed by atoms with Gasteiger partial charge in [-0.3, -0.25) is 9.59 Å². The molecule has 0 bridgehead atoms. The summed E-state index contributed by atoms with van der Waals surface area (Å²) in [5.41, 5.74) is 25.0. The minimum Gasteiger partial charge on any atom is -0.494 e. The molecule has 0 saturated heterocycles. The first kappa shape index (κ1) is 75.4. The Morgan fingerprint density at radius 2 is 0.864 bits per heavy atom. The van der Waals surface area contributed by atoms with Crippen molar-refractivity contribution in [3.05, 3.63) is 144 Å². The summed E-state index contributed by atoms with van der Waals surface area (Å²) in [4.78, 5) is 29.3. The Labute approximate surface area is 540 Å². The van der Waals surface area contributed by atoms with Crippen LogP contribution in [-0.4, -0.2) is 53.8 Å². The normalized spacial score (nSPS) is 10.4. The van der Waals surface area contributed by atoms with Gasteiger partial charge in [0.1, 0.15) is 34.3 Å². The van der Waals surface area contributed by atoms with Crippen molar-refractivity contribution in [3.8, 4) is 33.6 Å². The van der Waals surface area contributed by atoms with Crippen molar-refractivity contribution in [2.45, 2.75) is 195 Å². The highest BCUT2D eigenvalue weighted by molar-refractivity contribution is 7.80. The summed E-state index contributed by atoms with van der Waals surface area (Å²) in [5.74, 6) is 2.76. The largest absolute Gasteiger partial charge is 0.494 e. The van der Waals surface area contributed by atoms with Crippen molar-refractivity contribution < 1.29 is 33.6 Å². The van der Waals surface area contributed by atoms with Gasteiger partial charge in [0.2, 0.25) is 0 Å². The van der Waals surface area contributed by atoms with Crippen LogP contribution >= 0.6 is 35.3 Å². The number of hydrogen-bond donors (Lipinski definition) is 5. The quantitative estimate of drug-likeness (QED) is 0.0116. The predicted octanol–water partition coefficient (Wildman–Crippen LogP) is 20.8. The van der Waals surface area contributed by atoms with Crippen LogP contribution in [-0.2, 0) is 17.6 Å². The summed E-state index contributed by atoms with van der Waals surface area (Å²) < 4.78 is 24.6. The number of rotatable bonds is 32. The Balaban J connectivity index is 0.000000294. The van der Waals surface area contributed by atoms with Crippen LogP contribution in [0, 0.1) is 0 Å². The lowest BCUT2D eigenvalue weighted by atomic mass is 10.0. The van der Waals surface area contributed by atoms with Crippen LogP contribution in [0.5, 0.6) is 23.0 Å². The molecule has 2 heterocycles. The Morgan fingerprint density at radius 1 is 0.477 bits per heavy atom. The molecule has 0 aliphatic rings. The fourth-order valence-electron chi connectivity index (χ4n) is 8.44. The average Bonchev–Trinajstić information content (AvgIpc) is 4.03. The van der Waals surface area contributed by atoms with Gasteiger partial charge >= 0.3 is 0 Å². The second-order valence-corrected chi connectivity index (χ2v) is 24.1. The van der Waals surface area contributed by atoms with E-state index in [0.29, 0.717) is 10.8 Å². The van der Waals surface area contributed by atoms with Crippen LogP contribution in [0.2, 0.25) is 0 Å². The smallest absolute Gasteiger partial charge is 0.300 e. The van der Waals surface area contributed by atoms with Crippen LogP contribution in [0.3, 0.4) is 0 Å². The third-order valence-corrected chi connectivity index (χ3v) is 15.9. The monoisotopic (exact) mass is 1260 g/mol. The minimum atomic E-state index is -0.833. The number of carboxylic acids is 1. The summed E-state index contributed by atoms with van der Waals surface area (Å²) in [6.45, 7) is 17.3. The third kappa shape index (κ3) is 33.5. The van der Waals surface area contributed by atoms with Crippen molar-refractivity contribution in [3.63, 3.8) is 0 Å². The Kier molecular flexibility index (Phi) is 40.5. The molecule has 15 heteroatoms. The highest BCUT2D eigenvalue weighted by Gasteiger charge is 2.09. The molecule has 88 heavy (non-hydrogen) atoms. The molecule has 6 aromatic carbocycles. The molecule has 0 aliphatic heterocycles. The molecule has 0 atom stereocenters. The number of aldehydes is 1. The maximum atomic E-state index is 10.5. The van der Waals surface area contributed by atoms with Crippen molar-refractivity contribution in [1.29, 1.82) is 0 Å². The van der Waals surface area contributed by atoms with E-state index in [1.807, 2.05) is 78.9 Å². The van der Waals surface area contributed by atoms with Crippen LogP contribution in [0.1, 0.15) is 198 Å². The second kappa shape index (κ2) is 47.2. The second-order valence-electron chi connectivity index (χ2n) is 21.5. The van der Waals surface area contributed by atoms with E-state index in [0.717, 1.165) is 157 Å².